The summed E-state index contributed by atoms with van der Waals surface area (Å²) < 4.78 is 32.6. The van der Waals surface area contributed by atoms with Gasteiger partial charge in [-0.15, -0.1) is 10.2 Å². The maximum atomic E-state index is 13.1. The Bertz CT molecular complexity index is 1320. The summed E-state index contributed by atoms with van der Waals surface area (Å²) in [5.41, 5.74) is 1.66. The maximum Gasteiger partial charge on any atom is 0.243 e. The summed E-state index contributed by atoms with van der Waals surface area (Å²) in [6.45, 7) is 4.01. The highest BCUT2D eigenvalue weighted by Crippen LogP contribution is 2.23. The molecule has 4 rings (SSSR count). The molecule has 3 aromatic rings. The first kappa shape index (κ1) is 26.8. The zero-order chi connectivity index (χ0) is 26.4. The lowest BCUT2D eigenvalue weighted by atomic mass is 10.1. The Hall–Kier alpha value is -3.21. The van der Waals surface area contributed by atoms with Crippen LogP contribution in [0.3, 0.4) is 0 Å². The van der Waals surface area contributed by atoms with Crippen molar-refractivity contribution in [3.8, 4) is 17.0 Å². The molecule has 0 spiro atoms. The number of methoxy groups -OCH3 is 1. The lowest BCUT2D eigenvalue weighted by molar-refractivity contribution is -0.131. The molecule has 37 heavy (non-hydrogen) atoms. The molecule has 0 N–H and O–H groups in total. The van der Waals surface area contributed by atoms with Gasteiger partial charge in [0.1, 0.15) is 5.75 Å². The van der Waals surface area contributed by atoms with Gasteiger partial charge in [0.15, 0.2) is 5.82 Å². The summed E-state index contributed by atoms with van der Waals surface area (Å²) in [7, 11) is -2.18. The van der Waals surface area contributed by atoms with E-state index in [-0.39, 0.29) is 23.9 Å². The minimum atomic E-state index is -3.81. The van der Waals surface area contributed by atoms with Crippen LogP contribution >= 0.6 is 11.6 Å². The summed E-state index contributed by atoms with van der Waals surface area (Å²) in [6, 6.07) is 17.5. The van der Waals surface area contributed by atoms with Gasteiger partial charge in [0.05, 0.1) is 24.2 Å². The first-order chi connectivity index (χ1) is 17.8. The fraction of sp³-hybridized carbons (Fsp3) is 0.346. The van der Waals surface area contributed by atoms with Crippen LogP contribution in [0.15, 0.2) is 65.6 Å². The number of ether oxygens (including phenoxy) is 1. The van der Waals surface area contributed by atoms with Crippen molar-refractivity contribution in [1.82, 2.24) is 19.4 Å². The van der Waals surface area contributed by atoms with Gasteiger partial charge in [0, 0.05) is 43.3 Å². The second-order valence-corrected chi connectivity index (χ2v) is 11.0. The number of carbonyl (C=O) groups excluding carboxylic acids is 1. The predicted octanol–water partition coefficient (Wildman–Crippen LogP) is 3.56. The van der Waals surface area contributed by atoms with E-state index in [2.05, 4.69) is 15.1 Å². The molecular weight excluding hydrogens is 514 g/mol. The van der Waals surface area contributed by atoms with Crippen LogP contribution in [0.4, 0.5) is 5.82 Å². The van der Waals surface area contributed by atoms with Gasteiger partial charge < -0.3 is 14.5 Å². The molecular formula is C26H30ClN5O4S. The molecule has 1 aromatic heterocycles. The number of rotatable bonds is 8. The van der Waals surface area contributed by atoms with E-state index in [1.54, 1.807) is 18.9 Å². The Kier molecular flexibility index (Phi) is 8.63. The SMILES string of the molecule is CCN(CC(=O)N1CCCN(c2ccc(-c3cccc(OC)c3)nn2)CC1)S(=O)(=O)c1ccc(Cl)cc1. The number of hydrogen-bond donors (Lipinski definition) is 0. The predicted molar refractivity (Wildman–Crippen MR) is 143 cm³/mol. The standard InChI is InChI=1S/C26H30ClN5O4S/c1-3-32(37(34,35)23-10-8-21(27)9-11-23)19-26(33)31-15-5-14-30(16-17-31)25-13-12-24(28-29-25)20-6-4-7-22(18-20)36-2/h4,6-13,18H,3,5,14-17,19H2,1-2H3. The van der Waals surface area contributed by atoms with E-state index in [0.717, 1.165) is 35.8 Å². The molecule has 11 heteroatoms. The Morgan fingerprint density at radius 2 is 1.81 bits per heavy atom. The van der Waals surface area contributed by atoms with E-state index in [1.165, 1.54) is 28.6 Å². The second-order valence-electron chi connectivity index (χ2n) is 8.62. The number of hydrogen-bond acceptors (Lipinski definition) is 7. The third-order valence-electron chi connectivity index (χ3n) is 6.30. The average Bonchev–Trinajstić information content (AvgIpc) is 3.18. The van der Waals surface area contributed by atoms with E-state index in [9.17, 15) is 13.2 Å². The third kappa shape index (κ3) is 6.38. The topological polar surface area (TPSA) is 95.9 Å². The van der Waals surface area contributed by atoms with Crippen molar-refractivity contribution in [2.24, 2.45) is 0 Å². The summed E-state index contributed by atoms with van der Waals surface area (Å²) in [5, 5.41) is 9.25. The Balaban J connectivity index is 1.38. The fourth-order valence-electron chi connectivity index (χ4n) is 4.20. The summed E-state index contributed by atoms with van der Waals surface area (Å²) in [6.07, 6.45) is 0.737. The van der Waals surface area contributed by atoms with Crippen LogP contribution in [0, 0.1) is 0 Å². The molecule has 1 aliphatic rings. The van der Waals surface area contributed by atoms with Crippen LogP contribution in [0.5, 0.6) is 5.75 Å². The molecule has 0 aliphatic carbocycles. The second kappa shape index (κ2) is 11.9. The normalized spacial score (nSPS) is 14.5. The van der Waals surface area contributed by atoms with Crippen LogP contribution in [-0.2, 0) is 14.8 Å². The molecule has 196 valence electrons. The molecule has 0 radical (unpaired) electrons. The van der Waals surface area contributed by atoms with Crippen LogP contribution in [-0.4, -0.2) is 80.1 Å². The zero-order valence-corrected chi connectivity index (χ0v) is 22.5. The number of halogens is 1. The van der Waals surface area contributed by atoms with E-state index < -0.39 is 10.0 Å². The molecule has 1 fully saturated rings. The smallest absolute Gasteiger partial charge is 0.243 e. The molecule has 1 amide bonds. The van der Waals surface area contributed by atoms with Gasteiger partial charge in [-0.1, -0.05) is 30.7 Å². The van der Waals surface area contributed by atoms with Crippen molar-refractivity contribution in [1.29, 1.82) is 0 Å². The largest absolute Gasteiger partial charge is 0.497 e. The zero-order valence-electron chi connectivity index (χ0n) is 20.9. The molecule has 2 heterocycles. The van der Waals surface area contributed by atoms with Crippen molar-refractivity contribution in [2.45, 2.75) is 18.2 Å². The summed E-state index contributed by atoms with van der Waals surface area (Å²) >= 11 is 5.89. The van der Waals surface area contributed by atoms with Gasteiger partial charge >= 0.3 is 0 Å². The average molecular weight is 544 g/mol. The number of nitrogens with zero attached hydrogens (tertiary/aromatic N) is 5. The number of sulfonamides is 1. The summed E-state index contributed by atoms with van der Waals surface area (Å²) in [5.74, 6) is 1.27. The monoisotopic (exact) mass is 543 g/mol. The maximum absolute atomic E-state index is 13.1. The lowest BCUT2D eigenvalue weighted by Gasteiger charge is -2.26. The van der Waals surface area contributed by atoms with E-state index in [1.807, 2.05) is 36.4 Å². The van der Waals surface area contributed by atoms with Crippen molar-refractivity contribution >= 4 is 33.3 Å². The van der Waals surface area contributed by atoms with Crippen molar-refractivity contribution < 1.29 is 17.9 Å². The van der Waals surface area contributed by atoms with Crippen LogP contribution in [0.2, 0.25) is 5.02 Å². The molecule has 9 nitrogen and oxygen atoms in total. The molecule has 0 saturated carbocycles. The minimum Gasteiger partial charge on any atom is -0.497 e. The highest BCUT2D eigenvalue weighted by molar-refractivity contribution is 7.89. The molecule has 0 bridgehead atoms. The number of carbonyl (C=O) groups is 1. The summed E-state index contributed by atoms with van der Waals surface area (Å²) in [4.78, 5) is 17.0. The van der Waals surface area contributed by atoms with Crippen LogP contribution in [0.25, 0.3) is 11.3 Å². The molecule has 1 saturated heterocycles. The van der Waals surface area contributed by atoms with E-state index >= 15 is 0 Å². The van der Waals surface area contributed by atoms with Crippen LogP contribution in [0.1, 0.15) is 13.3 Å². The molecule has 0 atom stereocenters. The lowest BCUT2D eigenvalue weighted by Crippen LogP contribution is -2.44. The van der Waals surface area contributed by atoms with Crippen LogP contribution < -0.4 is 9.64 Å². The van der Waals surface area contributed by atoms with E-state index in [4.69, 9.17) is 16.3 Å². The van der Waals surface area contributed by atoms with Gasteiger partial charge in [0.2, 0.25) is 15.9 Å². The number of benzene rings is 2. The highest BCUT2D eigenvalue weighted by Gasteiger charge is 2.28. The highest BCUT2D eigenvalue weighted by atomic mass is 35.5. The fourth-order valence-corrected chi connectivity index (χ4v) is 5.72. The quantitative estimate of drug-likeness (QED) is 0.428. The Morgan fingerprint density at radius 1 is 1.03 bits per heavy atom. The van der Waals surface area contributed by atoms with Gasteiger partial charge in [-0.25, -0.2) is 8.42 Å². The molecule has 1 aliphatic heterocycles. The van der Waals surface area contributed by atoms with Gasteiger partial charge in [-0.2, -0.15) is 4.31 Å². The Labute approximate surface area is 222 Å². The number of likely N-dealkylation sites (N-methyl/N-ethyl adjacent to an activating group) is 1. The number of aromatic nitrogens is 2. The molecule has 2 aromatic carbocycles. The van der Waals surface area contributed by atoms with Crippen molar-refractivity contribution in [2.75, 3.05) is 51.3 Å². The Morgan fingerprint density at radius 3 is 2.49 bits per heavy atom. The third-order valence-corrected chi connectivity index (χ3v) is 8.49. The van der Waals surface area contributed by atoms with Crippen molar-refractivity contribution in [3.05, 3.63) is 65.7 Å². The van der Waals surface area contributed by atoms with Gasteiger partial charge in [-0.3, -0.25) is 4.79 Å². The number of anilines is 1. The van der Waals surface area contributed by atoms with Gasteiger partial charge in [-0.05, 0) is 55.0 Å². The first-order valence-electron chi connectivity index (χ1n) is 12.1. The first-order valence-corrected chi connectivity index (χ1v) is 13.9. The van der Waals surface area contributed by atoms with Crippen molar-refractivity contribution in [3.63, 3.8) is 0 Å². The van der Waals surface area contributed by atoms with Gasteiger partial charge in [0.25, 0.3) is 0 Å². The minimum absolute atomic E-state index is 0.115. The number of amides is 1. The molecule has 0 unspecified atom stereocenters. The van der Waals surface area contributed by atoms with E-state index in [0.29, 0.717) is 24.7 Å².